The smallest absolute Gasteiger partial charge is 0.270 e. The minimum absolute atomic E-state index is 0.0152. The van der Waals surface area contributed by atoms with E-state index < -0.39 is 20.3 Å². The largest absolute Gasteiger partial charge is 0.325 e. The number of benzene rings is 2. The highest BCUT2D eigenvalue weighted by Gasteiger charge is 2.22. The first kappa shape index (κ1) is 20.8. The third kappa shape index (κ3) is 4.93. The van der Waals surface area contributed by atoms with Crippen LogP contribution in [0.4, 0.5) is 5.69 Å². The van der Waals surface area contributed by atoms with Gasteiger partial charge in [-0.2, -0.15) is 0 Å². The van der Waals surface area contributed by atoms with Crippen LogP contribution < -0.4 is 10.9 Å². The number of aromatic nitrogens is 2. The second kappa shape index (κ2) is 8.62. The SMILES string of the molecule is Cc1ccc(S(=O)(=O)c2cnc(SCC(=O)Nc3ccccc3C)[nH]c2=O)cc1. The fraction of sp³-hybridized carbons (Fsp3) is 0.150. The van der Waals surface area contributed by atoms with Gasteiger partial charge in [-0.1, -0.05) is 47.7 Å². The summed E-state index contributed by atoms with van der Waals surface area (Å²) in [5.41, 5.74) is 1.77. The van der Waals surface area contributed by atoms with Crippen LogP contribution >= 0.6 is 11.8 Å². The zero-order chi connectivity index (χ0) is 21.0. The van der Waals surface area contributed by atoms with Crippen molar-refractivity contribution in [3.05, 3.63) is 76.2 Å². The lowest BCUT2D eigenvalue weighted by molar-refractivity contribution is -0.113. The van der Waals surface area contributed by atoms with E-state index >= 15 is 0 Å². The number of rotatable bonds is 6. The van der Waals surface area contributed by atoms with Gasteiger partial charge in [-0.05, 0) is 37.6 Å². The monoisotopic (exact) mass is 429 g/mol. The van der Waals surface area contributed by atoms with Crippen molar-refractivity contribution in [3.8, 4) is 0 Å². The first-order valence-corrected chi connectivity index (χ1v) is 11.1. The van der Waals surface area contributed by atoms with Crippen molar-refractivity contribution in [2.24, 2.45) is 0 Å². The number of amides is 1. The summed E-state index contributed by atoms with van der Waals surface area (Å²) >= 11 is 1.01. The number of anilines is 1. The summed E-state index contributed by atoms with van der Waals surface area (Å²) in [7, 11) is -3.97. The lowest BCUT2D eigenvalue weighted by Crippen LogP contribution is -2.20. The van der Waals surface area contributed by atoms with Crippen molar-refractivity contribution >= 4 is 33.2 Å². The van der Waals surface area contributed by atoms with E-state index in [1.54, 1.807) is 18.2 Å². The Bertz CT molecular complexity index is 1200. The van der Waals surface area contributed by atoms with Gasteiger partial charge in [0.05, 0.1) is 16.8 Å². The molecule has 7 nitrogen and oxygen atoms in total. The van der Waals surface area contributed by atoms with E-state index in [1.165, 1.54) is 12.1 Å². The molecule has 0 saturated carbocycles. The number of H-pyrrole nitrogens is 1. The van der Waals surface area contributed by atoms with Gasteiger partial charge < -0.3 is 10.3 Å². The summed E-state index contributed by atoms with van der Waals surface area (Å²) in [4.78, 5) is 30.4. The maximum atomic E-state index is 12.6. The molecule has 0 aliphatic heterocycles. The highest BCUT2D eigenvalue weighted by Crippen LogP contribution is 2.19. The van der Waals surface area contributed by atoms with Gasteiger partial charge in [0.15, 0.2) is 10.1 Å². The lowest BCUT2D eigenvalue weighted by Gasteiger charge is -2.08. The Morgan fingerprint density at radius 1 is 1.10 bits per heavy atom. The van der Waals surface area contributed by atoms with Crippen LogP contribution in [0.3, 0.4) is 0 Å². The van der Waals surface area contributed by atoms with Crippen molar-refractivity contribution in [1.29, 1.82) is 0 Å². The summed E-state index contributed by atoms with van der Waals surface area (Å²) in [5.74, 6) is -0.246. The molecular weight excluding hydrogens is 410 g/mol. The molecule has 0 fully saturated rings. The van der Waals surface area contributed by atoms with Crippen LogP contribution in [0.25, 0.3) is 0 Å². The Labute approximate surface area is 172 Å². The average Bonchev–Trinajstić information content (AvgIpc) is 2.68. The molecule has 0 aliphatic carbocycles. The van der Waals surface area contributed by atoms with E-state index in [1.807, 2.05) is 32.0 Å². The first-order chi connectivity index (χ1) is 13.8. The van der Waals surface area contributed by atoms with Gasteiger partial charge >= 0.3 is 0 Å². The van der Waals surface area contributed by atoms with Crippen molar-refractivity contribution in [1.82, 2.24) is 9.97 Å². The van der Waals surface area contributed by atoms with Gasteiger partial charge in [0.1, 0.15) is 0 Å². The molecule has 0 unspecified atom stereocenters. The molecule has 1 amide bonds. The summed E-state index contributed by atoms with van der Waals surface area (Å²) in [6.45, 7) is 3.72. The van der Waals surface area contributed by atoms with Crippen LogP contribution in [0.2, 0.25) is 0 Å². The summed E-state index contributed by atoms with van der Waals surface area (Å²) < 4.78 is 25.3. The van der Waals surface area contributed by atoms with E-state index in [-0.39, 0.29) is 21.7 Å². The first-order valence-electron chi connectivity index (χ1n) is 8.67. The number of thioether (sulfide) groups is 1. The number of para-hydroxylation sites is 1. The van der Waals surface area contributed by atoms with Crippen LogP contribution in [-0.2, 0) is 14.6 Å². The molecule has 2 N–H and O–H groups in total. The predicted octanol–water partition coefficient (Wildman–Crippen LogP) is 2.95. The standard InChI is InChI=1S/C20H19N3O4S2/c1-13-7-9-15(10-8-13)29(26,27)17-11-21-20(23-19(17)25)28-12-18(24)22-16-6-4-3-5-14(16)2/h3-11H,12H2,1-2H3,(H,22,24)(H,21,23,25). The van der Waals surface area contributed by atoms with Crippen LogP contribution in [0.5, 0.6) is 0 Å². The van der Waals surface area contributed by atoms with Crippen LogP contribution in [-0.4, -0.2) is 30.0 Å². The van der Waals surface area contributed by atoms with Crippen molar-refractivity contribution < 1.29 is 13.2 Å². The molecule has 0 bridgehead atoms. The van der Waals surface area contributed by atoms with Gasteiger partial charge in [0.2, 0.25) is 15.7 Å². The molecule has 1 aromatic heterocycles. The molecule has 3 aromatic rings. The third-order valence-corrected chi connectivity index (χ3v) is 6.77. The van der Waals surface area contributed by atoms with Gasteiger partial charge in [-0.3, -0.25) is 9.59 Å². The molecule has 150 valence electrons. The number of aromatic amines is 1. The molecule has 9 heteroatoms. The van der Waals surface area contributed by atoms with E-state index in [0.29, 0.717) is 5.69 Å². The minimum Gasteiger partial charge on any atom is -0.325 e. The molecule has 0 radical (unpaired) electrons. The molecule has 29 heavy (non-hydrogen) atoms. The van der Waals surface area contributed by atoms with Crippen LogP contribution in [0, 0.1) is 13.8 Å². The van der Waals surface area contributed by atoms with Gasteiger partial charge in [0, 0.05) is 5.69 Å². The number of sulfone groups is 1. The molecule has 0 atom stereocenters. The zero-order valence-electron chi connectivity index (χ0n) is 15.8. The highest BCUT2D eigenvalue weighted by atomic mass is 32.2. The maximum Gasteiger partial charge on any atom is 0.270 e. The Morgan fingerprint density at radius 3 is 2.45 bits per heavy atom. The maximum absolute atomic E-state index is 12.6. The number of aryl methyl sites for hydroxylation is 2. The summed E-state index contributed by atoms with van der Waals surface area (Å²) in [6.07, 6.45) is 1.02. The minimum atomic E-state index is -3.97. The van der Waals surface area contributed by atoms with Crippen molar-refractivity contribution in [2.45, 2.75) is 28.8 Å². The quantitative estimate of drug-likeness (QED) is 0.461. The van der Waals surface area contributed by atoms with Crippen molar-refractivity contribution in [2.75, 3.05) is 11.1 Å². The molecular formula is C20H19N3O4S2. The van der Waals surface area contributed by atoms with Crippen LogP contribution in [0.15, 0.2) is 74.5 Å². The van der Waals surface area contributed by atoms with Gasteiger partial charge in [0.25, 0.3) is 5.56 Å². The number of carbonyl (C=O) groups excluding carboxylic acids is 1. The predicted molar refractivity (Wildman–Crippen MR) is 112 cm³/mol. The van der Waals surface area contributed by atoms with Crippen molar-refractivity contribution in [3.63, 3.8) is 0 Å². The van der Waals surface area contributed by atoms with Gasteiger partial charge in [-0.25, -0.2) is 13.4 Å². The molecule has 0 aliphatic rings. The normalized spacial score (nSPS) is 11.2. The molecule has 0 spiro atoms. The second-order valence-corrected chi connectivity index (χ2v) is 9.23. The Kier molecular flexibility index (Phi) is 6.19. The summed E-state index contributed by atoms with van der Waals surface area (Å²) in [6, 6.07) is 13.6. The average molecular weight is 430 g/mol. The van der Waals surface area contributed by atoms with Gasteiger partial charge in [-0.15, -0.1) is 0 Å². The third-order valence-electron chi connectivity index (χ3n) is 4.12. The highest BCUT2D eigenvalue weighted by molar-refractivity contribution is 7.99. The molecule has 3 rings (SSSR count). The van der Waals surface area contributed by atoms with Crippen LogP contribution in [0.1, 0.15) is 11.1 Å². The number of hydrogen-bond acceptors (Lipinski definition) is 6. The van der Waals surface area contributed by atoms with E-state index in [4.69, 9.17) is 0 Å². The number of carbonyl (C=O) groups is 1. The molecule has 1 heterocycles. The van der Waals surface area contributed by atoms with E-state index in [0.717, 1.165) is 29.1 Å². The fourth-order valence-corrected chi connectivity index (χ4v) is 4.38. The summed E-state index contributed by atoms with van der Waals surface area (Å²) in [5, 5.41) is 2.95. The number of nitrogens with one attached hydrogen (secondary N) is 2. The molecule has 2 aromatic carbocycles. The zero-order valence-corrected chi connectivity index (χ0v) is 17.4. The lowest BCUT2D eigenvalue weighted by atomic mass is 10.2. The van der Waals surface area contributed by atoms with E-state index in [2.05, 4.69) is 15.3 Å². The van der Waals surface area contributed by atoms with E-state index in [9.17, 15) is 18.0 Å². The fourth-order valence-electron chi connectivity index (χ4n) is 2.51. The number of hydrogen-bond donors (Lipinski definition) is 2. The Morgan fingerprint density at radius 2 is 1.79 bits per heavy atom. The Hall–Kier alpha value is -2.91. The number of nitrogens with zero attached hydrogens (tertiary/aromatic N) is 1. The Balaban J connectivity index is 1.71. The second-order valence-electron chi connectivity index (χ2n) is 6.35. The molecule has 0 saturated heterocycles. The topological polar surface area (TPSA) is 109 Å².